The molecule has 0 aromatic carbocycles. The highest BCUT2D eigenvalue weighted by atomic mass is 32.2. The van der Waals surface area contributed by atoms with Gasteiger partial charge in [0.1, 0.15) is 0 Å². The summed E-state index contributed by atoms with van der Waals surface area (Å²) in [6, 6.07) is 0. The van der Waals surface area contributed by atoms with Crippen LogP contribution in [0.4, 0.5) is 0 Å². The quantitative estimate of drug-likeness (QED) is 0.708. The first-order chi connectivity index (χ1) is 8.48. The number of sulfonamides is 1. The third-order valence-electron chi connectivity index (χ3n) is 3.67. The van der Waals surface area contributed by atoms with Crippen molar-refractivity contribution in [2.24, 2.45) is 5.92 Å². The zero-order chi connectivity index (χ0) is 13.2. The standard InChI is InChI=1S/C11H21N3O3S/c1-18(16,17)14-7-5-13(6-8-14)11(15)10-3-2-4-12-9-10/h10,12H,2-9H2,1H3/t10-/m0/s1. The summed E-state index contributed by atoms with van der Waals surface area (Å²) in [5, 5.41) is 3.23. The predicted octanol–water partition coefficient (Wildman–Crippen LogP) is -0.910. The first-order valence-corrected chi connectivity index (χ1v) is 8.28. The fourth-order valence-corrected chi connectivity index (χ4v) is 3.39. The van der Waals surface area contributed by atoms with Gasteiger partial charge in [0.2, 0.25) is 15.9 Å². The summed E-state index contributed by atoms with van der Waals surface area (Å²) in [7, 11) is -3.12. The summed E-state index contributed by atoms with van der Waals surface area (Å²) in [5.74, 6) is 0.249. The van der Waals surface area contributed by atoms with E-state index in [9.17, 15) is 13.2 Å². The zero-order valence-electron chi connectivity index (χ0n) is 10.8. The molecule has 2 aliphatic heterocycles. The molecule has 0 aromatic heterocycles. The molecule has 0 aliphatic carbocycles. The van der Waals surface area contributed by atoms with E-state index in [2.05, 4.69) is 5.32 Å². The third-order valence-corrected chi connectivity index (χ3v) is 4.97. The average Bonchev–Trinajstić information content (AvgIpc) is 2.38. The minimum Gasteiger partial charge on any atom is -0.340 e. The summed E-state index contributed by atoms with van der Waals surface area (Å²) in [5.41, 5.74) is 0. The van der Waals surface area contributed by atoms with Gasteiger partial charge in [-0.05, 0) is 19.4 Å². The lowest BCUT2D eigenvalue weighted by Crippen LogP contribution is -2.53. The smallest absolute Gasteiger partial charge is 0.227 e. The molecular formula is C11H21N3O3S. The van der Waals surface area contributed by atoms with Crippen LogP contribution in [-0.4, -0.2) is 69.1 Å². The molecule has 2 rings (SSSR count). The van der Waals surface area contributed by atoms with Gasteiger partial charge in [0.15, 0.2) is 0 Å². The molecule has 2 saturated heterocycles. The van der Waals surface area contributed by atoms with E-state index in [4.69, 9.17) is 0 Å². The van der Waals surface area contributed by atoms with E-state index in [1.54, 1.807) is 4.90 Å². The molecule has 0 aromatic rings. The number of amides is 1. The molecule has 0 saturated carbocycles. The molecule has 2 aliphatic rings. The number of hydrogen-bond donors (Lipinski definition) is 1. The number of carbonyl (C=O) groups is 1. The molecule has 2 heterocycles. The van der Waals surface area contributed by atoms with Crippen LogP contribution in [0, 0.1) is 5.92 Å². The second kappa shape index (κ2) is 5.54. The SMILES string of the molecule is CS(=O)(=O)N1CCN(C(=O)[C@H]2CCCNC2)CC1. The molecule has 1 N–H and O–H groups in total. The number of hydrogen-bond acceptors (Lipinski definition) is 4. The van der Waals surface area contributed by atoms with Crippen molar-refractivity contribution in [3.63, 3.8) is 0 Å². The van der Waals surface area contributed by atoms with Crippen molar-refractivity contribution in [1.82, 2.24) is 14.5 Å². The predicted molar refractivity (Wildman–Crippen MR) is 68.6 cm³/mol. The topological polar surface area (TPSA) is 69.7 Å². The Morgan fingerprint density at radius 2 is 1.89 bits per heavy atom. The van der Waals surface area contributed by atoms with Crippen LogP contribution in [0.3, 0.4) is 0 Å². The van der Waals surface area contributed by atoms with E-state index in [0.29, 0.717) is 26.2 Å². The highest BCUT2D eigenvalue weighted by molar-refractivity contribution is 7.88. The van der Waals surface area contributed by atoms with E-state index in [-0.39, 0.29) is 11.8 Å². The van der Waals surface area contributed by atoms with E-state index in [1.165, 1.54) is 10.6 Å². The molecule has 1 atom stereocenters. The zero-order valence-corrected chi connectivity index (χ0v) is 11.6. The second-order valence-electron chi connectivity index (χ2n) is 5.03. The van der Waals surface area contributed by atoms with Crippen LogP contribution < -0.4 is 5.32 Å². The Morgan fingerprint density at radius 1 is 1.22 bits per heavy atom. The maximum absolute atomic E-state index is 12.2. The fourth-order valence-electron chi connectivity index (χ4n) is 2.56. The van der Waals surface area contributed by atoms with E-state index < -0.39 is 10.0 Å². The summed E-state index contributed by atoms with van der Waals surface area (Å²) in [4.78, 5) is 14.0. The van der Waals surface area contributed by atoms with Crippen LogP contribution >= 0.6 is 0 Å². The molecule has 0 spiro atoms. The number of nitrogens with one attached hydrogen (secondary N) is 1. The maximum Gasteiger partial charge on any atom is 0.227 e. The Bertz CT molecular complexity index is 396. The number of piperidine rings is 1. The minimum absolute atomic E-state index is 0.0727. The van der Waals surface area contributed by atoms with Crippen molar-refractivity contribution in [2.45, 2.75) is 12.8 Å². The molecular weight excluding hydrogens is 254 g/mol. The Balaban J connectivity index is 1.87. The van der Waals surface area contributed by atoms with Crippen LogP contribution in [0.25, 0.3) is 0 Å². The van der Waals surface area contributed by atoms with Gasteiger partial charge in [-0.15, -0.1) is 0 Å². The van der Waals surface area contributed by atoms with Gasteiger partial charge in [-0.25, -0.2) is 8.42 Å². The van der Waals surface area contributed by atoms with Gasteiger partial charge in [0.25, 0.3) is 0 Å². The first kappa shape index (κ1) is 13.8. The van der Waals surface area contributed by atoms with Gasteiger partial charge < -0.3 is 10.2 Å². The van der Waals surface area contributed by atoms with Crippen LogP contribution in [0.2, 0.25) is 0 Å². The Hall–Kier alpha value is -0.660. The molecule has 0 radical (unpaired) electrons. The summed E-state index contributed by atoms with van der Waals surface area (Å²) in [6.45, 7) is 3.62. The van der Waals surface area contributed by atoms with Crippen LogP contribution in [0.1, 0.15) is 12.8 Å². The average molecular weight is 275 g/mol. The van der Waals surface area contributed by atoms with Crippen molar-refractivity contribution < 1.29 is 13.2 Å². The number of nitrogens with zero attached hydrogens (tertiary/aromatic N) is 2. The molecule has 7 heteroatoms. The summed E-state index contributed by atoms with van der Waals surface area (Å²) < 4.78 is 24.2. The van der Waals surface area contributed by atoms with Crippen LogP contribution in [0.15, 0.2) is 0 Å². The van der Waals surface area contributed by atoms with Gasteiger partial charge in [0.05, 0.1) is 12.2 Å². The second-order valence-corrected chi connectivity index (χ2v) is 7.01. The van der Waals surface area contributed by atoms with E-state index in [1.807, 2.05) is 0 Å². The molecule has 6 nitrogen and oxygen atoms in total. The van der Waals surface area contributed by atoms with Crippen molar-refractivity contribution in [1.29, 1.82) is 0 Å². The molecule has 0 unspecified atom stereocenters. The van der Waals surface area contributed by atoms with Gasteiger partial charge in [-0.3, -0.25) is 4.79 Å². The molecule has 1 amide bonds. The van der Waals surface area contributed by atoms with Gasteiger partial charge >= 0.3 is 0 Å². The molecule has 2 fully saturated rings. The lowest BCUT2D eigenvalue weighted by Gasteiger charge is -2.36. The summed E-state index contributed by atoms with van der Waals surface area (Å²) >= 11 is 0. The highest BCUT2D eigenvalue weighted by Gasteiger charge is 2.30. The maximum atomic E-state index is 12.2. The normalized spacial score (nSPS) is 27.2. The highest BCUT2D eigenvalue weighted by Crippen LogP contribution is 2.15. The lowest BCUT2D eigenvalue weighted by atomic mass is 9.98. The van der Waals surface area contributed by atoms with Crippen molar-refractivity contribution in [3.8, 4) is 0 Å². The van der Waals surface area contributed by atoms with Gasteiger partial charge in [0, 0.05) is 32.7 Å². The summed E-state index contributed by atoms with van der Waals surface area (Å²) in [6.07, 6.45) is 3.20. The minimum atomic E-state index is -3.12. The van der Waals surface area contributed by atoms with Crippen molar-refractivity contribution in [3.05, 3.63) is 0 Å². The Kier molecular flexibility index (Phi) is 4.24. The fraction of sp³-hybridized carbons (Fsp3) is 0.909. The number of carbonyl (C=O) groups excluding carboxylic acids is 1. The van der Waals surface area contributed by atoms with Crippen molar-refractivity contribution in [2.75, 3.05) is 45.5 Å². The Morgan fingerprint density at radius 3 is 2.39 bits per heavy atom. The molecule has 18 heavy (non-hydrogen) atoms. The third kappa shape index (κ3) is 3.21. The number of rotatable bonds is 2. The molecule has 0 bridgehead atoms. The Labute approximate surface area is 108 Å². The van der Waals surface area contributed by atoms with Gasteiger partial charge in [-0.2, -0.15) is 4.31 Å². The number of piperazine rings is 1. The van der Waals surface area contributed by atoms with Gasteiger partial charge in [-0.1, -0.05) is 0 Å². The first-order valence-electron chi connectivity index (χ1n) is 6.43. The van der Waals surface area contributed by atoms with Crippen LogP contribution in [-0.2, 0) is 14.8 Å². The molecule has 104 valence electrons. The van der Waals surface area contributed by atoms with E-state index >= 15 is 0 Å². The largest absolute Gasteiger partial charge is 0.340 e. The van der Waals surface area contributed by atoms with E-state index in [0.717, 1.165) is 25.9 Å². The van der Waals surface area contributed by atoms with Crippen molar-refractivity contribution >= 4 is 15.9 Å². The monoisotopic (exact) mass is 275 g/mol. The van der Waals surface area contributed by atoms with Crippen LogP contribution in [0.5, 0.6) is 0 Å². The lowest BCUT2D eigenvalue weighted by molar-refractivity contribution is -0.137.